The van der Waals surface area contributed by atoms with Crippen molar-refractivity contribution in [3.05, 3.63) is 35.9 Å². The number of ether oxygens (including phenoxy) is 2. The van der Waals surface area contributed by atoms with Crippen LogP contribution in [0.3, 0.4) is 0 Å². The number of unbranched alkanes of at least 4 members (excludes halogenated alkanes) is 1. The number of benzene rings is 1. The van der Waals surface area contributed by atoms with Gasteiger partial charge in [0.2, 0.25) is 5.91 Å². The van der Waals surface area contributed by atoms with E-state index in [4.69, 9.17) is 21.1 Å². The first-order valence-electron chi connectivity index (χ1n) is 10.5. The van der Waals surface area contributed by atoms with Gasteiger partial charge in [0.05, 0.1) is 30.6 Å². The largest absolute Gasteiger partial charge is 0.467 e. The number of esters is 1. The monoisotopic (exact) mass is 440 g/mol. The lowest BCUT2D eigenvalue weighted by Gasteiger charge is -2.36. The molecule has 5 atom stereocenters. The molecule has 2 rings (SSSR count). The first kappa shape index (κ1) is 24.6. The highest BCUT2D eigenvalue weighted by molar-refractivity contribution is 6.21. The molecule has 8 heteroatoms. The molecule has 1 aromatic carbocycles. The number of carbonyl (C=O) groups excluding carboxylic acids is 2. The van der Waals surface area contributed by atoms with Crippen molar-refractivity contribution in [2.24, 2.45) is 5.92 Å². The highest BCUT2D eigenvalue weighted by atomic mass is 35.5. The Labute approximate surface area is 183 Å². The average molecular weight is 441 g/mol. The van der Waals surface area contributed by atoms with E-state index in [1.807, 2.05) is 37.4 Å². The van der Waals surface area contributed by atoms with Crippen LogP contribution >= 0.6 is 11.6 Å². The Morgan fingerprint density at radius 3 is 2.63 bits per heavy atom. The topological polar surface area (TPSA) is 96.9 Å². The van der Waals surface area contributed by atoms with Crippen molar-refractivity contribution >= 4 is 23.5 Å². The molecule has 1 amide bonds. The zero-order chi connectivity index (χ0) is 21.9. The number of aliphatic hydroxyl groups excluding tert-OH is 1. The minimum atomic E-state index is -0.877. The molecular weight excluding hydrogens is 408 g/mol. The molecule has 0 saturated heterocycles. The van der Waals surface area contributed by atoms with Crippen molar-refractivity contribution in [3.63, 3.8) is 0 Å². The zero-order valence-electron chi connectivity index (χ0n) is 17.7. The molecule has 0 bridgehead atoms. The van der Waals surface area contributed by atoms with E-state index in [-0.39, 0.29) is 17.9 Å². The summed E-state index contributed by atoms with van der Waals surface area (Å²) in [6.45, 7) is 1.49. The Morgan fingerprint density at radius 1 is 1.23 bits per heavy atom. The Hall–Kier alpha value is -1.67. The lowest BCUT2D eigenvalue weighted by molar-refractivity contribution is -0.147. The van der Waals surface area contributed by atoms with Gasteiger partial charge in [0.25, 0.3) is 0 Å². The number of carbonyl (C=O) groups is 2. The Bertz CT molecular complexity index is 660. The number of aliphatic hydroxyl groups is 1. The summed E-state index contributed by atoms with van der Waals surface area (Å²) in [5, 5.41) is 16.0. The van der Waals surface area contributed by atoms with Crippen LogP contribution in [0.4, 0.5) is 0 Å². The normalized spacial score (nSPS) is 24.8. The van der Waals surface area contributed by atoms with Crippen LogP contribution in [0.15, 0.2) is 30.3 Å². The number of methoxy groups -OCH3 is 1. The molecule has 168 valence electrons. The Kier molecular flexibility index (Phi) is 10.6. The van der Waals surface area contributed by atoms with E-state index in [1.54, 1.807) is 0 Å². The van der Waals surface area contributed by atoms with Crippen LogP contribution in [0, 0.1) is 5.92 Å². The van der Waals surface area contributed by atoms with Crippen LogP contribution in [0.2, 0.25) is 0 Å². The smallest absolute Gasteiger partial charge is 0.328 e. The standard InChI is InChI=1S/C22H33ClN2O5/c1-24-10-6-7-11-30-20-14-19(26)16(13-17(20)23)21(27)25-18(22(28)29-2)12-15-8-4-3-5-9-15/h3-5,8-9,16-20,24,26H,6-7,10-14H2,1-2H3,(H,25,27)/t16?,17?,18-,19?,20?/m0/s1. The predicted molar refractivity (Wildman–Crippen MR) is 115 cm³/mol. The Morgan fingerprint density at radius 2 is 1.97 bits per heavy atom. The molecule has 3 N–H and O–H groups in total. The number of hydrogen-bond acceptors (Lipinski definition) is 6. The number of amides is 1. The van der Waals surface area contributed by atoms with E-state index in [2.05, 4.69) is 10.6 Å². The number of hydrogen-bond donors (Lipinski definition) is 3. The van der Waals surface area contributed by atoms with E-state index in [9.17, 15) is 14.7 Å². The summed E-state index contributed by atoms with van der Waals surface area (Å²) in [6.07, 6.45) is 1.62. The third kappa shape index (κ3) is 7.54. The number of rotatable bonds is 11. The van der Waals surface area contributed by atoms with Gasteiger partial charge >= 0.3 is 5.97 Å². The molecule has 1 aliphatic carbocycles. The van der Waals surface area contributed by atoms with Crippen molar-refractivity contribution < 1.29 is 24.2 Å². The second-order valence-corrected chi connectivity index (χ2v) is 8.22. The number of halogens is 1. The summed E-state index contributed by atoms with van der Waals surface area (Å²) in [6, 6.07) is 8.55. The SMILES string of the molecule is CNCCCCOC1CC(O)C(C(=O)N[C@@H](Cc2ccccc2)C(=O)OC)CC1Cl. The van der Waals surface area contributed by atoms with Gasteiger partial charge in [0, 0.05) is 19.4 Å². The quantitative estimate of drug-likeness (QED) is 0.275. The molecule has 0 aromatic heterocycles. The number of nitrogens with one attached hydrogen (secondary N) is 2. The van der Waals surface area contributed by atoms with E-state index >= 15 is 0 Å². The van der Waals surface area contributed by atoms with Gasteiger partial charge in [-0.05, 0) is 38.4 Å². The molecule has 1 aromatic rings. The van der Waals surface area contributed by atoms with Gasteiger partial charge in [-0.15, -0.1) is 11.6 Å². The van der Waals surface area contributed by atoms with Crippen molar-refractivity contribution in [2.75, 3.05) is 27.3 Å². The first-order chi connectivity index (χ1) is 14.5. The molecule has 0 spiro atoms. The van der Waals surface area contributed by atoms with E-state index in [0.29, 0.717) is 19.4 Å². The van der Waals surface area contributed by atoms with Crippen LogP contribution in [-0.2, 0) is 25.5 Å². The van der Waals surface area contributed by atoms with Gasteiger partial charge in [0.15, 0.2) is 0 Å². The van der Waals surface area contributed by atoms with Crippen molar-refractivity contribution in [1.29, 1.82) is 0 Å². The predicted octanol–water partition coefficient (Wildman–Crippen LogP) is 1.65. The highest BCUT2D eigenvalue weighted by Gasteiger charge is 2.40. The lowest BCUT2D eigenvalue weighted by Crippen LogP contribution is -2.51. The lowest BCUT2D eigenvalue weighted by atomic mass is 9.83. The second kappa shape index (κ2) is 12.9. The van der Waals surface area contributed by atoms with Crippen LogP contribution in [-0.4, -0.2) is 67.9 Å². The van der Waals surface area contributed by atoms with Crippen molar-refractivity contribution in [1.82, 2.24) is 10.6 Å². The Balaban J connectivity index is 1.91. The van der Waals surface area contributed by atoms with Gasteiger partial charge in [-0.3, -0.25) is 4.79 Å². The van der Waals surface area contributed by atoms with Crippen molar-refractivity contribution in [2.45, 2.75) is 55.7 Å². The minimum Gasteiger partial charge on any atom is -0.467 e. The molecule has 4 unspecified atom stereocenters. The zero-order valence-corrected chi connectivity index (χ0v) is 18.4. The van der Waals surface area contributed by atoms with Gasteiger partial charge in [-0.1, -0.05) is 30.3 Å². The molecular formula is C22H33ClN2O5. The maximum atomic E-state index is 12.8. The molecule has 0 heterocycles. The van der Waals surface area contributed by atoms with Gasteiger partial charge in [-0.25, -0.2) is 4.79 Å². The summed E-state index contributed by atoms with van der Waals surface area (Å²) in [5.74, 6) is -1.62. The van der Waals surface area contributed by atoms with Crippen molar-refractivity contribution in [3.8, 4) is 0 Å². The van der Waals surface area contributed by atoms with E-state index in [1.165, 1.54) is 7.11 Å². The van der Waals surface area contributed by atoms with Gasteiger partial charge in [0.1, 0.15) is 6.04 Å². The molecule has 30 heavy (non-hydrogen) atoms. The fourth-order valence-electron chi connectivity index (χ4n) is 3.66. The fourth-order valence-corrected chi connectivity index (χ4v) is 4.03. The minimum absolute atomic E-state index is 0.287. The van der Waals surface area contributed by atoms with Gasteiger partial charge < -0.3 is 25.2 Å². The summed E-state index contributed by atoms with van der Waals surface area (Å²) in [5.41, 5.74) is 0.902. The maximum absolute atomic E-state index is 12.8. The summed E-state index contributed by atoms with van der Waals surface area (Å²) < 4.78 is 10.7. The molecule has 0 aliphatic heterocycles. The van der Waals surface area contributed by atoms with Crippen LogP contribution < -0.4 is 10.6 Å². The fraction of sp³-hybridized carbons (Fsp3) is 0.636. The molecule has 1 saturated carbocycles. The highest BCUT2D eigenvalue weighted by Crippen LogP contribution is 2.31. The second-order valence-electron chi connectivity index (χ2n) is 7.66. The van der Waals surface area contributed by atoms with Crippen LogP contribution in [0.1, 0.15) is 31.2 Å². The molecule has 1 fully saturated rings. The summed E-state index contributed by atoms with van der Waals surface area (Å²) >= 11 is 6.46. The van der Waals surface area contributed by atoms with Gasteiger partial charge in [-0.2, -0.15) is 0 Å². The molecule has 0 radical (unpaired) electrons. The van der Waals surface area contributed by atoms with Crippen LogP contribution in [0.25, 0.3) is 0 Å². The van der Waals surface area contributed by atoms with E-state index in [0.717, 1.165) is 24.9 Å². The third-order valence-corrected chi connectivity index (χ3v) is 5.85. The van der Waals surface area contributed by atoms with Crippen LogP contribution in [0.5, 0.6) is 0 Å². The average Bonchev–Trinajstić information content (AvgIpc) is 2.75. The summed E-state index contributed by atoms with van der Waals surface area (Å²) in [7, 11) is 3.19. The summed E-state index contributed by atoms with van der Waals surface area (Å²) in [4.78, 5) is 25.0. The number of alkyl halides is 1. The molecule has 1 aliphatic rings. The first-order valence-corrected chi connectivity index (χ1v) is 10.9. The maximum Gasteiger partial charge on any atom is 0.328 e. The molecule has 7 nitrogen and oxygen atoms in total. The third-order valence-electron chi connectivity index (χ3n) is 5.40. The van der Waals surface area contributed by atoms with E-state index < -0.39 is 29.9 Å².